The van der Waals surface area contributed by atoms with Crippen LogP contribution in [0, 0.1) is 11.8 Å². The van der Waals surface area contributed by atoms with Crippen LogP contribution in [0.2, 0.25) is 0 Å². The minimum atomic E-state index is -0.00721. The van der Waals surface area contributed by atoms with Gasteiger partial charge in [-0.05, 0) is 44.1 Å². The fourth-order valence-corrected chi connectivity index (χ4v) is 3.85. The van der Waals surface area contributed by atoms with E-state index in [0.29, 0.717) is 6.04 Å². The lowest BCUT2D eigenvalue weighted by molar-refractivity contribution is 0.0680. The molecule has 2 rings (SSSR count). The Morgan fingerprint density at radius 2 is 1.94 bits per heavy atom. The van der Waals surface area contributed by atoms with E-state index in [0.717, 1.165) is 31.2 Å². The van der Waals surface area contributed by atoms with E-state index in [-0.39, 0.29) is 12.1 Å². The smallest absolute Gasteiger partial charge is 0.0613 e. The van der Waals surface area contributed by atoms with Gasteiger partial charge in [-0.2, -0.15) is 0 Å². The van der Waals surface area contributed by atoms with Gasteiger partial charge in [0.25, 0.3) is 0 Å². The van der Waals surface area contributed by atoms with Crippen molar-refractivity contribution >= 4 is 0 Å². The monoisotopic (exact) mass is 254 g/mol. The van der Waals surface area contributed by atoms with Crippen LogP contribution in [-0.4, -0.2) is 47.8 Å². The summed E-state index contributed by atoms with van der Waals surface area (Å²) < 4.78 is 0. The highest BCUT2D eigenvalue weighted by atomic mass is 16.3. The van der Waals surface area contributed by atoms with Crippen LogP contribution in [0.5, 0.6) is 0 Å². The molecule has 0 amide bonds. The molecule has 2 fully saturated rings. The second kappa shape index (κ2) is 5.89. The maximum Gasteiger partial charge on any atom is 0.0613 e. The normalized spacial score (nSPS) is 42.3. The van der Waals surface area contributed by atoms with Crippen LogP contribution in [0.25, 0.3) is 0 Å². The lowest BCUT2D eigenvalue weighted by Gasteiger charge is -2.43. The number of aliphatic hydroxyl groups is 1. The Hall–Kier alpha value is -0.120. The molecule has 1 aliphatic carbocycles. The number of likely N-dealkylation sites (tertiary alicyclic amines) is 1. The first-order valence-corrected chi connectivity index (χ1v) is 7.70. The van der Waals surface area contributed by atoms with Crippen LogP contribution in [0.1, 0.15) is 46.5 Å². The molecule has 1 heterocycles. The van der Waals surface area contributed by atoms with Gasteiger partial charge in [0.1, 0.15) is 0 Å². The number of nitrogens with zero attached hydrogens (tertiary/aromatic N) is 1. The Morgan fingerprint density at radius 1 is 1.28 bits per heavy atom. The molecule has 18 heavy (non-hydrogen) atoms. The second-order valence-corrected chi connectivity index (χ2v) is 6.63. The fraction of sp³-hybridized carbons (Fsp3) is 1.00. The van der Waals surface area contributed by atoms with Gasteiger partial charge in [0.05, 0.1) is 6.61 Å². The lowest BCUT2D eigenvalue weighted by Crippen LogP contribution is -2.55. The molecule has 106 valence electrons. The number of rotatable bonds is 4. The molecular formula is C15H30N2O. The molecule has 0 bridgehead atoms. The van der Waals surface area contributed by atoms with Gasteiger partial charge >= 0.3 is 0 Å². The van der Waals surface area contributed by atoms with Crippen LogP contribution in [-0.2, 0) is 0 Å². The van der Waals surface area contributed by atoms with Gasteiger partial charge in [-0.3, -0.25) is 4.90 Å². The standard InChI is InChI=1S/C15H30N2O/c1-4-16-15(11-18)7-5-6-14(8-15)17-9-12(2)13(3)10-17/h12-14,16,18H,4-11H2,1-3H3. The van der Waals surface area contributed by atoms with E-state index >= 15 is 0 Å². The SMILES string of the molecule is CCNC1(CO)CCCC(N2CC(C)C(C)C2)C1. The molecule has 3 heteroatoms. The second-order valence-electron chi connectivity index (χ2n) is 6.63. The molecule has 1 saturated heterocycles. The predicted molar refractivity (Wildman–Crippen MR) is 75.7 cm³/mol. The third kappa shape index (κ3) is 2.89. The van der Waals surface area contributed by atoms with E-state index in [1.54, 1.807) is 0 Å². The quantitative estimate of drug-likeness (QED) is 0.804. The summed E-state index contributed by atoms with van der Waals surface area (Å²) in [4.78, 5) is 2.68. The van der Waals surface area contributed by atoms with Crippen molar-refractivity contribution in [1.82, 2.24) is 10.2 Å². The van der Waals surface area contributed by atoms with Crippen LogP contribution < -0.4 is 5.32 Å². The van der Waals surface area contributed by atoms with Gasteiger partial charge in [0.2, 0.25) is 0 Å². The van der Waals surface area contributed by atoms with Crippen LogP contribution in [0.15, 0.2) is 0 Å². The molecule has 4 atom stereocenters. The molecule has 1 saturated carbocycles. The topological polar surface area (TPSA) is 35.5 Å². The maximum absolute atomic E-state index is 9.76. The molecular weight excluding hydrogens is 224 g/mol. The van der Waals surface area contributed by atoms with E-state index in [9.17, 15) is 5.11 Å². The van der Waals surface area contributed by atoms with Gasteiger partial charge in [-0.1, -0.05) is 20.8 Å². The Labute approximate surface area is 112 Å². The highest BCUT2D eigenvalue weighted by Crippen LogP contribution is 2.34. The van der Waals surface area contributed by atoms with Crippen LogP contribution in [0.3, 0.4) is 0 Å². The number of hydrogen-bond donors (Lipinski definition) is 2. The van der Waals surface area contributed by atoms with E-state index in [4.69, 9.17) is 0 Å². The Balaban J connectivity index is 1.98. The highest BCUT2D eigenvalue weighted by Gasteiger charge is 2.39. The average Bonchev–Trinajstić information content (AvgIpc) is 2.70. The molecule has 3 nitrogen and oxygen atoms in total. The number of likely N-dealkylation sites (N-methyl/N-ethyl adjacent to an activating group) is 1. The Bertz CT molecular complexity index is 257. The van der Waals surface area contributed by atoms with Gasteiger partial charge in [-0.25, -0.2) is 0 Å². The summed E-state index contributed by atoms with van der Waals surface area (Å²) in [6.45, 7) is 10.6. The van der Waals surface area contributed by atoms with E-state index in [1.807, 2.05) is 0 Å². The van der Waals surface area contributed by atoms with Crippen molar-refractivity contribution in [2.24, 2.45) is 11.8 Å². The summed E-state index contributed by atoms with van der Waals surface area (Å²) >= 11 is 0. The molecule has 1 aliphatic heterocycles. The minimum absolute atomic E-state index is 0.00721. The van der Waals surface area contributed by atoms with E-state index in [2.05, 4.69) is 31.0 Å². The number of aliphatic hydroxyl groups excluding tert-OH is 1. The van der Waals surface area contributed by atoms with E-state index < -0.39 is 0 Å². The van der Waals surface area contributed by atoms with Crippen molar-refractivity contribution in [3.63, 3.8) is 0 Å². The van der Waals surface area contributed by atoms with Crippen molar-refractivity contribution in [2.75, 3.05) is 26.2 Å². The summed E-state index contributed by atoms with van der Waals surface area (Å²) in [6.07, 6.45) is 4.81. The van der Waals surface area contributed by atoms with Crippen LogP contribution >= 0.6 is 0 Å². The first-order chi connectivity index (χ1) is 8.60. The van der Waals surface area contributed by atoms with Crippen molar-refractivity contribution in [3.05, 3.63) is 0 Å². The molecule has 0 aromatic rings. The molecule has 0 aromatic carbocycles. The lowest BCUT2D eigenvalue weighted by atomic mass is 9.79. The molecule has 0 aromatic heterocycles. The number of nitrogens with one attached hydrogen (secondary N) is 1. The van der Waals surface area contributed by atoms with Crippen molar-refractivity contribution in [2.45, 2.75) is 58.0 Å². The van der Waals surface area contributed by atoms with Gasteiger partial charge < -0.3 is 10.4 Å². The molecule has 2 N–H and O–H groups in total. The maximum atomic E-state index is 9.76. The van der Waals surface area contributed by atoms with E-state index in [1.165, 1.54) is 25.9 Å². The summed E-state index contributed by atoms with van der Waals surface area (Å²) in [5.74, 6) is 1.66. The zero-order valence-corrected chi connectivity index (χ0v) is 12.3. The Kier molecular flexibility index (Phi) is 4.68. The molecule has 2 aliphatic rings. The van der Waals surface area contributed by atoms with Crippen molar-refractivity contribution in [3.8, 4) is 0 Å². The van der Waals surface area contributed by atoms with Gasteiger partial charge in [0.15, 0.2) is 0 Å². The summed E-state index contributed by atoms with van der Waals surface area (Å²) in [6, 6.07) is 0.678. The summed E-state index contributed by atoms with van der Waals surface area (Å²) in [5.41, 5.74) is -0.00721. The van der Waals surface area contributed by atoms with Crippen molar-refractivity contribution in [1.29, 1.82) is 0 Å². The zero-order valence-electron chi connectivity index (χ0n) is 12.3. The van der Waals surface area contributed by atoms with Gasteiger partial charge in [-0.15, -0.1) is 0 Å². The van der Waals surface area contributed by atoms with Gasteiger partial charge in [0, 0.05) is 24.7 Å². The zero-order chi connectivity index (χ0) is 13.2. The fourth-order valence-electron chi connectivity index (χ4n) is 3.85. The van der Waals surface area contributed by atoms with Crippen LogP contribution in [0.4, 0.5) is 0 Å². The van der Waals surface area contributed by atoms with Crippen molar-refractivity contribution < 1.29 is 5.11 Å². The predicted octanol–water partition coefficient (Wildman–Crippen LogP) is 1.86. The third-order valence-electron chi connectivity index (χ3n) is 5.21. The third-order valence-corrected chi connectivity index (χ3v) is 5.21. The highest BCUT2D eigenvalue weighted by molar-refractivity contribution is 4.97. The molecule has 4 unspecified atom stereocenters. The summed E-state index contributed by atoms with van der Waals surface area (Å²) in [5, 5.41) is 13.3. The minimum Gasteiger partial charge on any atom is -0.394 e. The molecule has 0 radical (unpaired) electrons. The number of hydrogen-bond acceptors (Lipinski definition) is 3. The average molecular weight is 254 g/mol. The first-order valence-electron chi connectivity index (χ1n) is 7.70. The Morgan fingerprint density at radius 3 is 2.50 bits per heavy atom. The summed E-state index contributed by atoms with van der Waals surface area (Å²) in [7, 11) is 0. The first kappa shape index (κ1) is 14.3. The molecule has 0 spiro atoms. The largest absolute Gasteiger partial charge is 0.394 e.